The van der Waals surface area contributed by atoms with Gasteiger partial charge in [-0.25, -0.2) is 0 Å². The highest BCUT2D eigenvalue weighted by Gasteiger charge is 2.24. The highest BCUT2D eigenvalue weighted by Crippen LogP contribution is 2.31. The fourth-order valence-electron chi connectivity index (χ4n) is 2.10. The molecule has 0 saturated heterocycles. The van der Waals surface area contributed by atoms with Crippen molar-refractivity contribution in [1.82, 2.24) is 0 Å². The molecule has 2 atom stereocenters. The molecule has 0 radical (unpaired) electrons. The largest absolute Gasteiger partial charge is 0.490 e. The zero-order chi connectivity index (χ0) is 10.7. The molecule has 0 fully saturated rings. The van der Waals surface area contributed by atoms with Crippen LogP contribution in [-0.4, -0.2) is 11.4 Å². The van der Waals surface area contributed by atoms with Gasteiger partial charge in [0, 0.05) is 11.8 Å². The fourth-order valence-corrected chi connectivity index (χ4v) is 2.82. The number of hydrogen-bond acceptors (Lipinski definition) is 1. The van der Waals surface area contributed by atoms with Crippen molar-refractivity contribution in [2.45, 2.75) is 32.3 Å². The average molecular weight is 269 g/mol. The molecule has 2 unspecified atom stereocenters. The maximum absolute atomic E-state index is 5.92. The zero-order valence-electron chi connectivity index (χ0n) is 9.08. The van der Waals surface area contributed by atoms with Crippen LogP contribution in [0.3, 0.4) is 0 Å². The second-order valence-electron chi connectivity index (χ2n) is 4.22. The van der Waals surface area contributed by atoms with Crippen molar-refractivity contribution in [1.29, 1.82) is 0 Å². The summed E-state index contributed by atoms with van der Waals surface area (Å²) in [5.74, 6) is 1.83. The lowest BCUT2D eigenvalue weighted by molar-refractivity contribution is 0.198. The number of alkyl halides is 1. The Labute approximate surface area is 100.0 Å². The molecule has 1 heterocycles. The summed E-state index contributed by atoms with van der Waals surface area (Å²) in [6.45, 7) is 2.24. The van der Waals surface area contributed by atoms with E-state index in [4.69, 9.17) is 4.74 Å². The Bertz CT molecular complexity index is 295. The molecule has 0 aliphatic carbocycles. The summed E-state index contributed by atoms with van der Waals surface area (Å²) in [5.41, 5.74) is 1.37. The van der Waals surface area contributed by atoms with Crippen LogP contribution < -0.4 is 4.74 Å². The summed E-state index contributed by atoms with van der Waals surface area (Å²) in [4.78, 5) is 0. The van der Waals surface area contributed by atoms with Crippen molar-refractivity contribution in [2.75, 3.05) is 5.33 Å². The van der Waals surface area contributed by atoms with E-state index in [0.717, 1.165) is 29.8 Å². The normalized spacial score (nSPS) is 20.8. The standard InChI is InChI=1S/C13H17BrO/c1-2-10(9-14)7-12-8-11-5-3-4-6-13(11)15-12/h3-6,10,12H,2,7-9H2,1H3. The van der Waals surface area contributed by atoms with Crippen molar-refractivity contribution in [3.63, 3.8) is 0 Å². The first-order chi connectivity index (χ1) is 7.33. The van der Waals surface area contributed by atoms with Crippen LogP contribution in [0.5, 0.6) is 5.75 Å². The van der Waals surface area contributed by atoms with E-state index in [1.54, 1.807) is 0 Å². The van der Waals surface area contributed by atoms with Crippen LogP contribution in [0.1, 0.15) is 25.3 Å². The van der Waals surface area contributed by atoms with Gasteiger partial charge in [-0.15, -0.1) is 0 Å². The van der Waals surface area contributed by atoms with Crippen molar-refractivity contribution in [2.24, 2.45) is 5.92 Å². The van der Waals surface area contributed by atoms with Gasteiger partial charge in [0.2, 0.25) is 0 Å². The topological polar surface area (TPSA) is 9.23 Å². The minimum absolute atomic E-state index is 0.393. The fraction of sp³-hybridized carbons (Fsp3) is 0.538. The molecule has 0 aromatic heterocycles. The number of benzene rings is 1. The average Bonchev–Trinajstić information content (AvgIpc) is 2.68. The lowest BCUT2D eigenvalue weighted by Gasteiger charge is -2.16. The van der Waals surface area contributed by atoms with E-state index in [9.17, 15) is 0 Å². The number of para-hydroxylation sites is 1. The number of rotatable bonds is 4. The number of halogens is 1. The van der Waals surface area contributed by atoms with Gasteiger partial charge in [0.25, 0.3) is 0 Å². The molecule has 1 aliphatic rings. The van der Waals surface area contributed by atoms with Crippen molar-refractivity contribution in [3.05, 3.63) is 29.8 Å². The summed E-state index contributed by atoms with van der Waals surface area (Å²) in [7, 11) is 0. The van der Waals surface area contributed by atoms with Crippen LogP contribution in [0.2, 0.25) is 0 Å². The first-order valence-electron chi connectivity index (χ1n) is 5.64. The second-order valence-corrected chi connectivity index (χ2v) is 4.86. The van der Waals surface area contributed by atoms with Gasteiger partial charge in [0.1, 0.15) is 11.9 Å². The third-order valence-corrected chi connectivity index (χ3v) is 4.02. The molecule has 0 spiro atoms. The monoisotopic (exact) mass is 268 g/mol. The van der Waals surface area contributed by atoms with E-state index < -0.39 is 0 Å². The maximum atomic E-state index is 5.92. The van der Waals surface area contributed by atoms with Crippen molar-refractivity contribution in [3.8, 4) is 5.75 Å². The summed E-state index contributed by atoms with van der Waals surface area (Å²) in [5, 5.41) is 1.08. The van der Waals surface area contributed by atoms with Crippen LogP contribution in [0.15, 0.2) is 24.3 Å². The minimum Gasteiger partial charge on any atom is -0.490 e. The molecule has 1 aliphatic heterocycles. The van der Waals surface area contributed by atoms with Crippen molar-refractivity contribution >= 4 is 15.9 Å². The second kappa shape index (κ2) is 5.02. The smallest absolute Gasteiger partial charge is 0.123 e. The van der Waals surface area contributed by atoms with Gasteiger partial charge in [-0.3, -0.25) is 0 Å². The molecule has 0 N–H and O–H groups in total. The van der Waals surface area contributed by atoms with Crippen LogP contribution in [-0.2, 0) is 6.42 Å². The van der Waals surface area contributed by atoms with E-state index in [-0.39, 0.29) is 0 Å². The van der Waals surface area contributed by atoms with Gasteiger partial charge in [-0.05, 0) is 24.0 Å². The first-order valence-corrected chi connectivity index (χ1v) is 6.76. The SMILES string of the molecule is CCC(CBr)CC1Cc2ccccc2O1. The Morgan fingerprint density at radius 1 is 1.47 bits per heavy atom. The summed E-state index contributed by atoms with van der Waals surface area (Å²) < 4.78 is 5.92. The molecule has 0 bridgehead atoms. The van der Waals surface area contributed by atoms with Crippen LogP contribution in [0.4, 0.5) is 0 Å². The molecule has 1 aromatic carbocycles. The molecule has 0 amide bonds. The van der Waals surface area contributed by atoms with E-state index in [2.05, 4.69) is 41.1 Å². The lowest BCUT2D eigenvalue weighted by atomic mass is 9.98. The molecule has 2 rings (SSSR count). The predicted molar refractivity (Wildman–Crippen MR) is 66.8 cm³/mol. The highest BCUT2D eigenvalue weighted by molar-refractivity contribution is 9.09. The number of ether oxygens (including phenoxy) is 1. The predicted octanol–water partition coefficient (Wildman–Crippen LogP) is 3.80. The lowest BCUT2D eigenvalue weighted by Crippen LogP contribution is -2.18. The summed E-state index contributed by atoms with van der Waals surface area (Å²) >= 11 is 3.56. The Kier molecular flexibility index (Phi) is 3.68. The van der Waals surface area contributed by atoms with Crippen LogP contribution in [0.25, 0.3) is 0 Å². The van der Waals surface area contributed by atoms with Crippen LogP contribution >= 0.6 is 15.9 Å². The number of hydrogen-bond donors (Lipinski definition) is 0. The van der Waals surface area contributed by atoms with Crippen molar-refractivity contribution < 1.29 is 4.74 Å². The molecule has 2 heteroatoms. The van der Waals surface area contributed by atoms with E-state index in [0.29, 0.717) is 6.10 Å². The quantitative estimate of drug-likeness (QED) is 0.755. The summed E-state index contributed by atoms with van der Waals surface area (Å²) in [6, 6.07) is 8.38. The van der Waals surface area contributed by atoms with E-state index in [1.807, 2.05) is 6.07 Å². The van der Waals surface area contributed by atoms with Crippen LogP contribution in [0, 0.1) is 5.92 Å². The van der Waals surface area contributed by atoms with Gasteiger partial charge in [0.05, 0.1) is 0 Å². The molecule has 15 heavy (non-hydrogen) atoms. The zero-order valence-corrected chi connectivity index (χ0v) is 10.7. The number of fused-ring (bicyclic) bond motifs is 1. The van der Waals surface area contributed by atoms with Gasteiger partial charge >= 0.3 is 0 Å². The molecular formula is C13H17BrO. The van der Waals surface area contributed by atoms with E-state index >= 15 is 0 Å². The third-order valence-electron chi connectivity index (χ3n) is 3.11. The Hall–Kier alpha value is -0.500. The molecule has 0 saturated carbocycles. The Morgan fingerprint density at radius 3 is 2.93 bits per heavy atom. The first kappa shape index (κ1) is 11.0. The van der Waals surface area contributed by atoms with Gasteiger partial charge in [0.15, 0.2) is 0 Å². The van der Waals surface area contributed by atoms with E-state index in [1.165, 1.54) is 12.0 Å². The highest BCUT2D eigenvalue weighted by atomic mass is 79.9. The maximum Gasteiger partial charge on any atom is 0.123 e. The third kappa shape index (κ3) is 2.54. The molecular weight excluding hydrogens is 252 g/mol. The minimum atomic E-state index is 0.393. The Balaban J connectivity index is 1.95. The van der Waals surface area contributed by atoms with Gasteiger partial charge in [-0.2, -0.15) is 0 Å². The van der Waals surface area contributed by atoms with Gasteiger partial charge in [-0.1, -0.05) is 47.5 Å². The molecule has 1 aromatic rings. The Morgan fingerprint density at radius 2 is 2.27 bits per heavy atom. The molecule has 82 valence electrons. The molecule has 1 nitrogen and oxygen atoms in total. The summed E-state index contributed by atoms with van der Waals surface area (Å²) in [6.07, 6.45) is 3.86. The van der Waals surface area contributed by atoms with Gasteiger partial charge < -0.3 is 4.74 Å².